The standard InChI is InChI=1S/C72H46N2/c1-73-63-41-45(65-51-25-7-11-29-55(51)67(56-30-12-8-26-52(56)65)49-35-17-21-43-19-3-5-23-47(43)49)37-39-61(63)69-59-33-15-16-34-60(59)70-62-40-38-46(42-64(62)74(2)72(70)71(69)73)66-53-27-9-13-31-57(53)68(58-32-14-10-28-54(58)66)50-36-18-22-44-20-4-6-24-48(44)50/h3-42H,1-2H3. The van der Waals surface area contributed by atoms with Gasteiger partial charge in [-0.15, -0.1) is 0 Å². The Bertz CT molecular complexity index is 4660. The van der Waals surface area contributed by atoms with Crippen LogP contribution in [-0.2, 0) is 14.1 Å². The summed E-state index contributed by atoms with van der Waals surface area (Å²) in [6.45, 7) is 0. The molecule has 0 amide bonds. The molecule has 0 unspecified atom stereocenters. The molecular formula is C72H46N2. The average Bonchev–Trinajstić information content (AvgIpc) is 3.92. The maximum absolute atomic E-state index is 2.48. The fraction of sp³-hybridized carbons (Fsp3) is 0.0278. The molecule has 14 aromatic carbocycles. The van der Waals surface area contributed by atoms with Gasteiger partial charge in [-0.2, -0.15) is 0 Å². The zero-order valence-electron chi connectivity index (χ0n) is 41.0. The third-order valence-corrected chi connectivity index (χ3v) is 16.6. The molecule has 0 aliphatic carbocycles. The summed E-state index contributed by atoms with van der Waals surface area (Å²) in [5.74, 6) is 0. The van der Waals surface area contributed by atoms with Crippen LogP contribution in [0.5, 0.6) is 0 Å². The van der Waals surface area contributed by atoms with Crippen molar-refractivity contribution in [3.63, 3.8) is 0 Å². The van der Waals surface area contributed by atoms with Crippen LogP contribution in [0.15, 0.2) is 243 Å². The van der Waals surface area contributed by atoms with Gasteiger partial charge in [-0.3, -0.25) is 0 Å². The number of benzene rings is 14. The number of aromatic nitrogens is 2. The van der Waals surface area contributed by atoms with Gasteiger partial charge in [0.1, 0.15) is 0 Å². The SMILES string of the molecule is Cn1c2cc(-c3c4ccccc4c(-c4cccc5ccccc45)c4ccccc34)ccc2c2c3ccccc3c3c4ccc(-c5c6ccccc6c(-c6cccc7ccccc67)c6ccccc56)cc4n(C)c3c21. The monoisotopic (exact) mass is 938 g/mol. The lowest BCUT2D eigenvalue weighted by Gasteiger charge is -2.19. The zero-order valence-corrected chi connectivity index (χ0v) is 41.0. The fourth-order valence-electron chi connectivity index (χ4n) is 13.5. The second-order valence-electron chi connectivity index (χ2n) is 20.3. The molecule has 344 valence electrons. The summed E-state index contributed by atoms with van der Waals surface area (Å²) in [4.78, 5) is 0. The van der Waals surface area contributed by atoms with Gasteiger partial charge in [0.15, 0.2) is 0 Å². The molecule has 0 aliphatic rings. The van der Waals surface area contributed by atoms with Crippen LogP contribution in [0.3, 0.4) is 0 Å². The molecule has 0 radical (unpaired) electrons. The molecule has 0 saturated heterocycles. The highest BCUT2D eigenvalue weighted by atomic mass is 15.0. The summed E-state index contributed by atoms with van der Waals surface area (Å²) in [5, 5.41) is 22.8. The van der Waals surface area contributed by atoms with E-state index in [2.05, 4.69) is 266 Å². The predicted octanol–water partition coefficient (Wildman–Crippen LogP) is 19.7. The van der Waals surface area contributed by atoms with E-state index in [1.165, 1.54) is 164 Å². The van der Waals surface area contributed by atoms with E-state index >= 15 is 0 Å². The lowest BCUT2D eigenvalue weighted by Crippen LogP contribution is -1.94. The minimum Gasteiger partial charge on any atom is -0.342 e. The quantitative estimate of drug-likeness (QED) is 0.156. The molecular weight excluding hydrogens is 893 g/mol. The van der Waals surface area contributed by atoms with Crippen LogP contribution >= 0.6 is 0 Å². The van der Waals surface area contributed by atoms with Gasteiger partial charge >= 0.3 is 0 Å². The number of nitrogens with zero attached hydrogens (tertiary/aromatic N) is 2. The number of fused-ring (bicyclic) bond motifs is 16. The Morgan fingerprint density at radius 2 is 0.514 bits per heavy atom. The summed E-state index contributed by atoms with van der Waals surface area (Å²) in [5.41, 5.74) is 15.0. The number of aryl methyl sites for hydroxylation is 2. The van der Waals surface area contributed by atoms with Crippen LogP contribution in [0.25, 0.3) is 164 Å². The topological polar surface area (TPSA) is 9.86 Å². The van der Waals surface area contributed by atoms with Gasteiger partial charge in [0.25, 0.3) is 0 Å². The Hall–Kier alpha value is -9.50. The van der Waals surface area contributed by atoms with Crippen LogP contribution in [0, 0.1) is 0 Å². The Morgan fingerprint density at radius 1 is 0.230 bits per heavy atom. The first kappa shape index (κ1) is 41.2. The average molecular weight is 939 g/mol. The second kappa shape index (κ2) is 15.5. The Balaban J connectivity index is 0.943. The molecule has 0 fully saturated rings. The third-order valence-electron chi connectivity index (χ3n) is 16.6. The molecule has 2 nitrogen and oxygen atoms in total. The van der Waals surface area contributed by atoms with E-state index in [9.17, 15) is 0 Å². The van der Waals surface area contributed by atoms with Crippen molar-refractivity contribution in [1.82, 2.24) is 9.13 Å². The van der Waals surface area contributed by atoms with E-state index in [0.717, 1.165) is 0 Å². The highest BCUT2D eigenvalue weighted by Crippen LogP contribution is 2.50. The second-order valence-corrected chi connectivity index (χ2v) is 20.3. The van der Waals surface area contributed by atoms with Crippen LogP contribution in [0.2, 0.25) is 0 Å². The zero-order chi connectivity index (χ0) is 48.8. The Labute approximate surface area is 427 Å². The van der Waals surface area contributed by atoms with Gasteiger partial charge in [0, 0.05) is 46.7 Å². The molecule has 16 rings (SSSR count). The smallest absolute Gasteiger partial charge is 0.0742 e. The van der Waals surface area contributed by atoms with Crippen molar-refractivity contribution in [2.75, 3.05) is 0 Å². The van der Waals surface area contributed by atoms with Crippen LogP contribution in [0.1, 0.15) is 0 Å². The summed E-state index contributed by atoms with van der Waals surface area (Å²) >= 11 is 0. The lowest BCUT2D eigenvalue weighted by molar-refractivity contribution is 0.987. The van der Waals surface area contributed by atoms with Gasteiger partial charge in [0.2, 0.25) is 0 Å². The molecule has 2 heterocycles. The van der Waals surface area contributed by atoms with E-state index in [-0.39, 0.29) is 0 Å². The maximum Gasteiger partial charge on any atom is 0.0742 e. The van der Waals surface area contributed by atoms with Crippen LogP contribution in [0.4, 0.5) is 0 Å². The largest absolute Gasteiger partial charge is 0.342 e. The molecule has 2 heteroatoms. The molecule has 0 saturated carbocycles. The van der Waals surface area contributed by atoms with Crippen molar-refractivity contribution in [3.8, 4) is 44.5 Å². The van der Waals surface area contributed by atoms with Crippen molar-refractivity contribution in [1.29, 1.82) is 0 Å². The van der Waals surface area contributed by atoms with Crippen molar-refractivity contribution in [3.05, 3.63) is 243 Å². The van der Waals surface area contributed by atoms with Gasteiger partial charge in [0.05, 0.1) is 11.0 Å². The molecule has 0 bridgehead atoms. The molecule has 0 atom stereocenters. The molecule has 0 spiro atoms. The molecule has 0 N–H and O–H groups in total. The van der Waals surface area contributed by atoms with Gasteiger partial charge in [-0.1, -0.05) is 231 Å². The molecule has 0 aliphatic heterocycles. The number of hydrogen-bond donors (Lipinski definition) is 0. The highest BCUT2D eigenvalue weighted by Gasteiger charge is 2.25. The molecule has 16 aromatic rings. The van der Waals surface area contributed by atoms with E-state index in [1.807, 2.05) is 0 Å². The van der Waals surface area contributed by atoms with E-state index < -0.39 is 0 Å². The summed E-state index contributed by atoms with van der Waals surface area (Å²) in [7, 11) is 4.56. The first-order valence-corrected chi connectivity index (χ1v) is 25.8. The van der Waals surface area contributed by atoms with E-state index in [0.29, 0.717) is 0 Å². The third kappa shape index (κ3) is 5.60. The van der Waals surface area contributed by atoms with Crippen molar-refractivity contribution >= 4 is 119 Å². The van der Waals surface area contributed by atoms with Crippen LogP contribution < -0.4 is 0 Å². The van der Waals surface area contributed by atoms with Crippen LogP contribution in [-0.4, -0.2) is 9.13 Å². The van der Waals surface area contributed by atoms with Gasteiger partial charge in [-0.05, 0) is 132 Å². The van der Waals surface area contributed by atoms with E-state index in [4.69, 9.17) is 0 Å². The first-order valence-electron chi connectivity index (χ1n) is 25.8. The molecule has 74 heavy (non-hydrogen) atoms. The fourth-order valence-corrected chi connectivity index (χ4v) is 13.5. The van der Waals surface area contributed by atoms with Gasteiger partial charge in [-0.25, -0.2) is 0 Å². The first-order chi connectivity index (χ1) is 36.6. The number of hydrogen-bond acceptors (Lipinski definition) is 0. The Kier molecular flexibility index (Phi) is 8.62. The Morgan fingerprint density at radius 3 is 0.865 bits per heavy atom. The predicted molar refractivity (Wildman–Crippen MR) is 319 cm³/mol. The van der Waals surface area contributed by atoms with Crippen molar-refractivity contribution in [2.24, 2.45) is 14.1 Å². The normalized spacial score (nSPS) is 12.2. The maximum atomic E-state index is 2.48. The number of rotatable bonds is 4. The van der Waals surface area contributed by atoms with E-state index in [1.54, 1.807) is 0 Å². The lowest BCUT2D eigenvalue weighted by atomic mass is 9.84. The minimum atomic E-state index is 1.22. The minimum absolute atomic E-state index is 1.22. The summed E-state index contributed by atoms with van der Waals surface area (Å²) in [6, 6.07) is 90.7. The molecule has 2 aromatic heterocycles. The van der Waals surface area contributed by atoms with Crippen molar-refractivity contribution < 1.29 is 0 Å². The summed E-state index contributed by atoms with van der Waals surface area (Å²) < 4.78 is 4.95. The highest BCUT2D eigenvalue weighted by molar-refractivity contribution is 6.36. The summed E-state index contributed by atoms with van der Waals surface area (Å²) in [6.07, 6.45) is 0. The van der Waals surface area contributed by atoms with Crippen molar-refractivity contribution in [2.45, 2.75) is 0 Å². The van der Waals surface area contributed by atoms with Gasteiger partial charge < -0.3 is 9.13 Å².